The zero-order valence-corrected chi connectivity index (χ0v) is 16.8. The zero-order chi connectivity index (χ0) is 19.3. The van der Waals surface area contributed by atoms with E-state index in [2.05, 4.69) is 11.8 Å². The highest BCUT2D eigenvalue weighted by atomic mass is 32.2. The average molecular weight is 392 g/mol. The molecule has 1 saturated heterocycles. The van der Waals surface area contributed by atoms with E-state index < -0.39 is 10.0 Å². The molecule has 0 bridgehead atoms. The Balaban J connectivity index is 1.46. The summed E-state index contributed by atoms with van der Waals surface area (Å²) in [6.07, 6.45) is 5.39. The number of rotatable bonds is 6. The van der Waals surface area contributed by atoms with Crippen LogP contribution in [0.25, 0.3) is 0 Å². The Morgan fingerprint density at radius 2 is 1.78 bits per heavy atom. The summed E-state index contributed by atoms with van der Waals surface area (Å²) in [6.45, 7) is 6.27. The largest absolute Gasteiger partial charge is 0.377 e. The van der Waals surface area contributed by atoms with Crippen LogP contribution in [-0.2, 0) is 14.8 Å². The van der Waals surface area contributed by atoms with Gasteiger partial charge in [-0.2, -0.15) is 9.57 Å². The van der Waals surface area contributed by atoms with Gasteiger partial charge >= 0.3 is 0 Å². The Morgan fingerprint density at radius 3 is 2.41 bits per heavy atom. The van der Waals surface area contributed by atoms with E-state index in [0.29, 0.717) is 30.7 Å². The van der Waals surface area contributed by atoms with Crippen molar-refractivity contribution in [2.75, 3.05) is 39.3 Å². The lowest BCUT2D eigenvalue weighted by molar-refractivity contribution is -0.0160. The van der Waals surface area contributed by atoms with Crippen molar-refractivity contribution in [3.63, 3.8) is 0 Å². The summed E-state index contributed by atoms with van der Waals surface area (Å²) in [7, 11) is -3.49. The lowest BCUT2D eigenvalue weighted by atomic mass is 9.88. The Bertz CT molecular complexity index is 750. The molecule has 0 N–H and O–H groups in total. The summed E-state index contributed by atoms with van der Waals surface area (Å²) in [4.78, 5) is 2.53. The average Bonchev–Trinajstić information content (AvgIpc) is 2.70. The van der Waals surface area contributed by atoms with Crippen LogP contribution in [0.2, 0.25) is 0 Å². The normalized spacial score (nSPS) is 25.2. The predicted octanol–water partition coefficient (Wildman–Crippen LogP) is 2.46. The van der Waals surface area contributed by atoms with E-state index in [4.69, 9.17) is 10.00 Å². The molecule has 27 heavy (non-hydrogen) atoms. The van der Waals surface area contributed by atoms with E-state index in [9.17, 15) is 8.42 Å². The molecule has 2 unspecified atom stereocenters. The van der Waals surface area contributed by atoms with Crippen molar-refractivity contribution in [3.8, 4) is 6.07 Å². The first-order valence-corrected chi connectivity index (χ1v) is 11.3. The third kappa shape index (κ3) is 5.08. The molecule has 148 valence electrons. The van der Waals surface area contributed by atoms with Crippen LogP contribution in [0.15, 0.2) is 29.2 Å². The topological polar surface area (TPSA) is 73.6 Å². The maximum Gasteiger partial charge on any atom is 0.243 e. The summed E-state index contributed by atoms with van der Waals surface area (Å²) in [5.41, 5.74) is 0.464. The molecule has 6 nitrogen and oxygen atoms in total. The van der Waals surface area contributed by atoms with Crippen LogP contribution in [0, 0.1) is 17.2 Å². The molecule has 1 aromatic rings. The van der Waals surface area contributed by atoms with Gasteiger partial charge in [-0.25, -0.2) is 8.42 Å². The molecule has 7 heteroatoms. The van der Waals surface area contributed by atoms with Crippen LogP contribution in [0.3, 0.4) is 0 Å². The number of sulfonamides is 1. The first-order valence-electron chi connectivity index (χ1n) is 9.85. The van der Waals surface area contributed by atoms with Gasteiger partial charge in [0.2, 0.25) is 10.0 Å². The molecular weight excluding hydrogens is 362 g/mol. The van der Waals surface area contributed by atoms with E-state index >= 15 is 0 Å². The van der Waals surface area contributed by atoms with Gasteiger partial charge in [0.25, 0.3) is 0 Å². The van der Waals surface area contributed by atoms with Crippen molar-refractivity contribution in [1.29, 1.82) is 5.26 Å². The summed E-state index contributed by atoms with van der Waals surface area (Å²) in [5.74, 6) is 0.646. The minimum atomic E-state index is -3.49. The van der Waals surface area contributed by atoms with Crippen molar-refractivity contribution >= 4 is 10.0 Å². The van der Waals surface area contributed by atoms with E-state index in [1.807, 2.05) is 6.07 Å². The molecule has 2 fully saturated rings. The minimum Gasteiger partial charge on any atom is -0.377 e. The maximum atomic E-state index is 12.7. The highest BCUT2D eigenvalue weighted by molar-refractivity contribution is 7.89. The second-order valence-corrected chi connectivity index (χ2v) is 9.49. The van der Waals surface area contributed by atoms with Crippen molar-refractivity contribution in [2.45, 2.75) is 43.6 Å². The number of benzene rings is 1. The van der Waals surface area contributed by atoms with Crippen LogP contribution >= 0.6 is 0 Å². The second-order valence-electron chi connectivity index (χ2n) is 7.55. The molecular formula is C20H29N3O3S. The highest BCUT2D eigenvalue weighted by Gasteiger charge is 2.28. The fraction of sp³-hybridized carbons (Fsp3) is 0.650. The number of hydrogen-bond donors (Lipinski definition) is 0. The Morgan fingerprint density at radius 1 is 1.11 bits per heavy atom. The summed E-state index contributed by atoms with van der Waals surface area (Å²) in [5, 5.41) is 8.85. The molecule has 1 heterocycles. The maximum absolute atomic E-state index is 12.7. The van der Waals surface area contributed by atoms with Crippen molar-refractivity contribution in [2.24, 2.45) is 5.92 Å². The van der Waals surface area contributed by atoms with Gasteiger partial charge in [-0.15, -0.1) is 0 Å². The molecule has 1 aromatic carbocycles. The van der Waals surface area contributed by atoms with Crippen LogP contribution in [0.5, 0.6) is 0 Å². The number of nitriles is 1. The van der Waals surface area contributed by atoms with E-state index in [0.717, 1.165) is 32.7 Å². The number of hydrogen-bond acceptors (Lipinski definition) is 5. The van der Waals surface area contributed by atoms with E-state index in [-0.39, 0.29) is 4.90 Å². The Hall–Kier alpha value is -1.46. The molecule has 0 amide bonds. The van der Waals surface area contributed by atoms with Gasteiger partial charge < -0.3 is 4.74 Å². The molecule has 0 spiro atoms. The molecule has 0 aromatic heterocycles. The van der Waals surface area contributed by atoms with Gasteiger partial charge in [0, 0.05) is 32.7 Å². The highest BCUT2D eigenvalue weighted by Crippen LogP contribution is 2.26. The molecule has 0 radical (unpaired) electrons. The standard InChI is InChI=1S/C20H29N3O3S/c1-17-4-2-3-5-20(17)26-15-14-22-10-12-23(13-11-22)27(24,25)19-8-6-18(16-21)7-9-19/h6-9,17,20H,2-5,10-15H2,1H3. The first kappa shape index (κ1) is 20.3. The van der Waals surface area contributed by atoms with E-state index in [1.54, 1.807) is 12.1 Å². The van der Waals surface area contributed by atoms with Crippen LogP contribution in [-0.4, -0.2) is 63.1 Å². The third-order valence-corrected chi connectivity index (χ3v) is 7.64. The second kappa shape index (κ2) is 9.16. The van der Waals surface area contributed by atoms with Gasteiger partial charge in [0.15, 0.2) is 0 Å². The SMILES string of the molecule is CC1CCCCC1OCCN1CCN(S(=O)(=O)c2ccc(C#N)cc2)CC1. The fourth-order valence-corrected chi connectivity index (χ4v) is 5.33. The molecule has 1 aliphatic heterocycles. The van der Waals surface area contributed by atoms with Crippen molar-refractivity contribution in [3.05, 3.63) is 29.8 Å². The molecule has 1 aliphatic carbocycles. The minimum absolute atomic E-state index is 0.254. The smallest absolute Gasteiger partial charge is 0.243 e. The molecule has 2 aliphatic rings. The van der Waals surface area contributed by atoms with Gasteiger partial charge in [0.1, 0.15) is 0 Å². The fourth-order valence-electron chi connectivity index (χ4n) is 3.91. The predicted molar refractivity (Wildman–Crippen MR) is 104 cm³/mol. The van der Waals surface area contributed by atoms with Gasteiger partial charge in [-0.3, -0.25) is 4.90 Å². The summed E-state index contributed by atoms with van der Waals surface area (Å²) >= 11 is 0. The Labute approximate surface area is 162 Å². The lowest BCUT2D eigenvalue weighted by Gasteiger charge is -2.35. The van der Waals surface area contributed by atoms with Crippen LogP contribution in [0.1, 0.15) is 38.2 Å². The van der Waals surface area contributed by atoms with Crippen LogP contribution < -0.4 is 0 Å². The molecule has 2 atom stereocenters. The Kier molecular flexibility index (Phi) is 6.88. The summed E-state index contributed by atoms with van der Waals surface area (Å²) in [6, 6.07) is 8.13. The zero-order valence-electron chi connectivity index (χ0n) is 16.0. The van der Waals surface area contributed by atoms with Gasteiger partial charge in [-0.1, -0.05) is 19.8 Å². The van der Waals surface area contributed by atoms with Crippen molar-refractivity contribution in [1.82, 2.24) is 9.21 Å². The number of ether oxygens (including phenoxy) is 1. The van der Waals surface area contributed by atoms with Crippen molar-refractivity contribution < 1.29 is 13.2 Å². The quantitative estimate of drug-likeness (QED) is 0.745. The lowest BCUT2D eigenvalue weighted by Crippen LogP contribution is -2.49. The monoisotopic (exact) mass is 391 g/mol. The third-order valence-electron chi connectivity index (χ3n) is 5.72. The van der Waals surface area contributed by atoms with E-state index in [1.165, 1.54) is 35.7 Å². The number of nitrogens with zero attached hydrogens (tertiary/aromatic N) is 3. The molecule has 3 rings (SSSR count). The summed E-state index contributed by atoms with van der Waals surface area (Å²) < 4.78 is 33.1. The van der Waals surface area contributed by atoms with Crippen LogP contribution in [0.4, 0.5) is 0 Å². The molecule has 1 saturated carbocycles. The first-order chi connectivity index (χ1) is 13.0. The van der Waals surface area contributed by atoms with Gasteiger partial charge in [0.05, 0.1) is 29.2 Å². The number of piperazine rings is 1. The van der Waals surface area contributed by atoms with Gasteiger partial charge in [-0.05, 0) is 43.0 Å².